The van der Waals surface area contributed by atoms with E-state index in [1.165, 1.54) is 21.7 Å². The molecule has 0 spiro atoms. The molecule has 9 heteroatoms. The molecule has 27 heavy (non-hydrogen) atoms. The van der Waals surface area contributed by atoms with E-state index < -0.39 is 29.7 Å². The Balaban J connectivity index is 2.22. The summed E-state index contributed by atoms with van der Waals surface area (Å²) in [5.74, 6) is 0.128. The summed E-state index contributed by atoms with van der Waals surface area (Å²) in [5, 5.41) is 0. The lowest BCUT2D eigenvalue weighted by Crippen LogP contribution is -2.52. The van der Waals surface area contributed by atoms with Gasteiger partial charge in [-0.2, -0.15) is 4.98 Å². The molecule has 1 saturated heterocycles. The molecule has 0 unspecified atom stereocenters. The maximum Gasteiger partial charge on any atom is 0.410 e. The largest absolute Gasteiger partial charge is 0.444 e. The van der Waals surface area contributed by atoms with Gasteiger partial charge in [0, 0.05) is 6.20 Å². The van der Waals surface area contributed by atoms with E-state index in [2.05, 4.69) is 4.98 Å². The van der Waals surface area contributed by atoms with Crippen molar-refractivity contribution in [2.45, 2.75) is 65.1 Å². The van der Waals surface area contributed by atoms with Gasteiger partial charge in [0.25, 0.3) is 0 Å². The molecule has 1 aromatic rings. The minimum absolute atomic E-state index is 0.128. The summed E-state index contributed by atoms with van der Waals surface area (Å²) in [6.45, 7) is 12.0. The molecule has 1 aliphatic heterocycles. The molecule has 2 N–H and O–H groups in total. The second kappa shape index (κ2) is 7.85. The minimum atomic E-state index is -0.708. The summed E-state index contributed by atoms with van der Waals surface area (Å²) in [6.07, 6.45) is -0.0799. The Morgan fingerprint density at radius 3 is 2.48 bits per heavy atom. The maximum atomic E-state index is 12.6. The van der Waals surface area contributed by atoms with Crippen LogP contribution < -0.4 is 11.4 Å². The van der Waals surface area contributed by atoms with E-state index in [0.29, 0.717) is 6.54 Å². The Hall–Kier alpha value is -2.13. The first-order chi connectivity index (χ1) is 12.3. The molecule has 2 heterocycles. The SMILES string of the molecule is CC(C)(C)OC[C@@H]1CN(C(=O)OC(C)(C)C)C[C@H](n2ccc(N)nc2=O)O1. The molecule has 9 nitrogen and oxygen atoms in total. The summed E-state index contributed by atoms with van der Waals surface area (Å²) in [5.41, 5.74) is 4.04. The minimum Gasteiger partial charge on any atom is -0.444 e. The number of ether oxygens (including phenoxy) is 3. The van der Waals surface area contributed by atoms with Gasteiger partial charge in [0.15, 0.2) is 6.23 Å². The Morgan fingerprint density at radius 2 is 1.93 bits per heavy atom. The predicted molar refractivity (Wildman–Crippen MR) is 100 cm³/mol. The highest BCUT2D eigenvalue weighted by Gasteiger charge is 2.35. The lowest BCUT2D eigenvalue weighted by molar-refractivity contribution is -0.156. The van der Waals surface area contributed by atoms with Crippen LogP contribution in [0.2, 0.25) is 0 Å². The first-order valence-electron chi connectivity index (χ1n) is 8.96. The van der Waals surface area contributed by atoms with Gasteiger partial charge in [-0.25, -0.2) is 9.59 Å². The van der Waals surface area contributed by atoms with Crippen LogP contribution in [0.1, 0.15) is 47.8 Å². The number of carbonyl (C=O) groups is 1. The topological polar surface area (TPSA) is 109 Å². The van der Waals surface area contributed by atoms with E-state index >= 15 is 0 Å². The van der Waals surface area contributed by atoms with Crippen molar-refractivity contribution in [3.05, 3.63) is 22.7 Å². The zero-order chi connectivity index (χ0) is 20.4. The lowest BCUT2D eigenvalue weighted by atomic mass is 10.2. The molecule has 152 valence electrons. The van der Waals surface area contributed by atoms with Crippen LogP contribution in [0.3, 0.4) is 0 Å². The number of carbonyl (C=O) groups excluding carboxylic acids is 1. The molecule has 1 aromatic heterocycles. The summed E-state index contributed by atoms with van der Waals surface area (Å²) in [4.78, 5) is 30.0. The van der Waals surface area contributed by atoms with E-state index in [1.54, 1.807) is 20.8 Å². The highest BCUT2D eigenvalue weighted by molar-refractivity contribution is 5.68. The van der Waals surface area contributed by atoms with Gasteiger partial charge in [0.2, 0.25) is 0 Å². The van der Waals surface area contributed by atoms with Gasteiger partial charge in [0.05, 0.1) is 25.3 Å². The van der Waals surface area contributed by atoms with Crippen molar-refractivity contribution in [2.24, 2.45) is 0 Å². The average Bonchev–Trinajstić information content (AvgIpc) is 2.50. The molecule has 0 bridgehead atoms. The van der Waals surface area contributed by atoms with Gasteiger partial charge in [-0.1, -0.05) is 0 Å². The number of hydrogen-bond donors (Lipinski definition) is 1. The average molecular weight is 382 g/mol. The summed E-state index contributed by atoms with van der Waals surface area (Å²) < 4.78 is 18.6. The van der Waals surface area contributed by atoms with Crippen molar-refractivity contribution < 1.29 is 19.0 Å². The van der Waals surface area contributed by atoms with Crippen LogP contribution in [-0.2, 0) is 14.2 Å². The smallest absolute Gasteiger partial charge is 0.410 e. The monoisotopic (exact) mass is 382 g/mol. The molecule has 0 aromatic carbocycles. The first kappa shape index (κ1) is 21.2. The maximum absolute atomic E-state index is 12.6. The summed E-state index contributed by atoms with van der Waals surface area (Å²) in [7, 11) is 0. The normalized spacial score (nSPS) is 21.2. The van der Waals surface area contributed by atoms with Gasteiger partial charge in [-0.3, -0.25) is 4.57 Å². The van der Waals surface area contributed by atoms with Gasteiger partial charge in [-0.05, 0) is 47.6 Å². The summed E-state index contributed by atoms with van der Waals surface area (Å²) >= 11 is 0. The highest BCUT2D eigenvalue weighted by atomic mass is 16.6. The van der Waals surface area contributed by atoms with Crippen molar-refractivity contribution in [1.29, 1.82) is 0 Å². The van der Waals surface area contributed by atoms with Crippen molar-refractivity contribution in [1.82, 2.24) is 14.5 Å². The third-order valence-corrected chi connectivity index (χ3v) is 3.67. The fourth-order valence-corrected chi connectivity index (χ4v) is 2.53. The molecule has 1 fully saturated rings. The Bertz CT molecular complexity index is 720. The standard InChI is InChI=1S/C18H30N4O5/c1-17(2,3)25-11-12-9-21(16(24)27-18(4,5)6)10-14(26-12)22-8-7-13(19)20-15(22)23/h7-8,12,14H,9-11H2,1-6H3,(H2,19,20,23)/t12-,14+/m0/s1. The Labute approximate surface area is 159 Å². The molecule has 2 atom stereocenters. The second-order valence-electron chi connectivity index (χ2n) is 8.56. The fourth-order valence-electron chi connectivity index (χ4n) is 2.53. The van der Waals surface area contributed by atoms with Crippen LogP contribution in [0.25, 0.3) is 0 Å². The fraction of sp³-hybridized carbons (Fsp3) is 0.722. The number of morpholine rings is 1. The van der Waals surface area contributed by atoms with Crippen molar-refractivity contribution in [3.8, 4) is 0 Å². The van der Waals surface area contributed by atoms with Crippen LogP contribution >= 0.6 is 0 Å². The molecule has 1 aliphatic rings. The first-order valence-corrected chi connectivity index (χ1v) is 8.96. The van der Waals surface area contributed by atoms with Crippen molar-refractivity contribution >= 4 is 11.9 Å². The molecular formula is C18H30N4O5. The Kier molecular flexibility index (Phi) is 6.16. The Morgan fingerprint density at radius 1 is 1.26 bits per heavy atom. The van der Waals surface area contributed by atoms with Crippen LogP contribution in [0.4, 0.5) is 10.6 Å². The molecule has 0 radical (unpaired) electrons. The van der Waals surface area contributed by atoms with Crippen LogP contribution in [0, 0.1) is 0 Å². The molecule has 1 amide bonds. The van der Waals surface area contributed by atoms with E-state index in [9.17, 15) is 9.59 Å². The number of nitrogens with two attached hydrogens (primary N) is 1. The zero-order valence-electron chi connectivity index (χ0n) is 16.9. The second-order valence-corrected chi connectivity index (χ2v) is 8.56. The number of rotatable bonds is 3. The third-order valence-electron chi connectivity index (χ3n) is 3.67. The number of aromatic nitrogens is 2. The van der Waals surface area contributed by atoms with E-state index in [0.717, 1.165) is 0 Å². The molecular weight excluding hydrogens is 352 g/mol. The highest BCUT2D eigenvalue weighted by Crippen LogP contribution is 2.22. The van der Waals surface area contributed by atoms with E-state index in [-0.39, 0.29) is 24.6 Å². The zero-order valence-corrected chi connectivity index (χ0v) is 16.9. The quantitative estimate of drug-likeness (QED) is 0.848. The molecule has 2 rings (SSSR count). The summed E-state index contributed by atoms with van der Waals surface area (Å²) in [6, 6.07) is 1.51. The van der Waals surface area contributed by atoms with Crippen LogP contribution in [0.5, 0.6) is 0 Å². The molecule has 0 saturated carbocycles. The van der Waals surface area contributed by atoms with Crippen molar-refractivity contribution in [3.63, 3.8) is 0 Å². The number of nitrogen functional groups attached to an aromatic ring is 1. The van der Waals surface area contributed by atoms with Crippen LogP contribution in [0.15, 0.2) is 17.1 Å². The lowest BCUT2D eigenvalue weighted by Gasteiger charge is -2.39. The van der Waals surface area contributed by atoms with E-state index in [1.807, 2.05) is 20.8 Å². The van der Waals surface area contributed by atoms with Crippen molar-refractivity contribution in [2.75, 3.05) is 25.4 Å². The van der Waals surface area contributed by atoms with Gasteiger partial charge in [0.1, 0.15) is 17.5 Å². The van der Waals surface area contributed by atoms with Gasteiger partial charge in [-0.15, -0.1) is 0 Å². The number of hydrogen-bond acceptors (Lipinski definition) is 7. The predicted octanol–water partition coefficient (Wildman–Crippen LogP) is 1.78. The third kappa shape index (κ3) is 6.51. The van der Waals surface area contributed by atoms with Gasteiger partial charge >= 0.3 is 11.8 Å². The van der Waals surface area contributed by atoms with Gasteiger partial charge < -0.3 is 24.8 Å². The number of anilines is 1. The number of nitrogens with zero attached hydrogens (tertiary/aromatic N) is 3. The number of amides is 1. The van der Waals surface area contributed by atoms with E-state index in [4.69, 9.17) is 19.9 Å². The molecule has 0 aliphatic carbocycles. The van der Waals surface area contributed by atoms with Crippen LogP contribution in [-0.4, -0.2) is 57.5 Å².